The van der Waals surface area contributed by atoms with Crippen LogP contribution in [0.1, 0.15) is 32.2 Å². The number of nitrogens with zero attached hydrogens (tertiary/aromatic N) is 4. The van der Waals surface area contributed by atoms with Crippen LogP contribution in [0.3, 0.4) is 0 Å². The Labute approximate surface area is 129 Å². The third-order valence-corrected chi connectivity index (χ3v) is 3.73. The number of hydrogen-bond donors (Lipinski definition) is 1. The SMILES string of the molecule is CCCC(CC(=O)O)n1nnnc1-c1cc(F)ccc1Br. The maximum Gasteiger partial charge on any atom is 0.305 e. The molecule has 2 rings (SSSR count). The number of halogens is 2. The van der Waals surface area contributed by atoms with E-state index >= 15 is 0 Å². The van der Waals surface area contributed by atoms with Crippen LogP contribution in [0.15, 0.2) is 22.7 Å². The average molecular weight is 357 g/mol. The maximum absolute atomic E-state index is 13.4. The lowest BCUT2D eigenvalue weighted by Crippen LogP contribution is -2.16. The highest BCUT2D eigenvalue weighted by molar-refractivity contribution is 9.10. The molecule has 0 saturated carbocycles. The number of benzene rings is 1. The van der Waals surface area contributed by atoms with E-state index in [1.165, 1.54) is 16.8 Å². The average Bonchev–Trinajstić information content (AvgIpc) is 2.89. The monoisotopic (exact) mass is 356 g/mol. The third-order valence-electron chi connectivity index (χ3n) is 3.04. The molecule has 0 spiro atoms. The highest BCUT2D eigenvalue weighted by atomic mass is 79.9. The molecule has 1 N–H and O–H groups in total. The van der Waals surface area contributed by atoms with Crippen LogP contribution in [0.4, 0.5) is 4.39 Å². The van der Waals surface area contributed by atoms with Crippen LogP contribution in [0.5, 0.6) is 0 Å². The van der Waals surface area contributed by atoms with E-state index in [0.29, 0.717) is 22.3 Å². The minimum absolute atomic E-state index is 0.0845. The number of aromatic nitrogens is 4. The summed E-state index contributed by atoms with van der Waals surface area (Å²) in [6, 6.07) is 3.83. The summed E-state index contributed by atoms with van der Waals surface area (Å²) >= 11 is 3.33. The number of rotatable bonds is 6. The molecule has 0 aliphatic rings. The van der Waals surface area contributed by atoms with Gasteiger partial charge in [0.05, 0.1) is 12.5 Å². The van der Waals surface area contributed by atoms with Gasteiger partial charge in [-0.3, -0.25) is 4.79 Å². The predicted molar refractivity (Wildman–Crippen MR) is 77.1 cm³/mol. The van der Waals surface area contributed by atoms with E-state index in [-0.39, 0.29) is 12.5 Å². The van der Waals surface area contributed by atoms with E-state index < -0.39 is 11.8 Å². The molecule has 1 unspecified atom stereocenters. The van der Waals surface area contributed by atoms with Crippen molar-refractivity contribution in [1.82, 2.24) is 20.2 Å². The number of aliphatic carboxylic acids is 1. The Morgan fingerprint density at radius 1 is 1.52 bits per heavy atom. The van der Waals surface area contributed by atoms with Crippen LogP contribution in [0.25, 0.3) is 11.4 Å². The molecule has 0 saturated heterocycles. The van der Waals surface area contributed by atoms with Gasteiger partial charge in [0.25, 0.3) is 0 Å². The molecule has 21 heavy (non-hydrogen) atoms. The first-order chi connectivity index (χ1) is 10.0. The van der Waals surface area contributed by atoms with Crippen LogP contribution in [0.2, 0.25) is 0 Å². The lowest BCUT2D eigenvalue weighted by molar-refractivity contribution is -0.138. The summed E-state index contributed by atoms with van der Waals surface area (Å²) in [6.07, 6.45) is 1.33. The Hall–Kier alpha value is -1.83. The normalized spacial score (nSPS) is 12.3. The van der Waals surface area contributed by atoms with Crippen LogP contribution in [-0.4, -0.2) is 31.3 Å². The zero-order valence-corrected chi connectivity index (χ0v) is 12.9. The molecule has 112 valence electrons. The molecule has 0 bridgehead atoms. The number of tetrazole rings is 1. The van der Waals surface area contributed by atoms with Crippen LogP contribution >= 0.6 is 15.9 Å². The second-order valence-corrected chi connectivity index (χ2v) is 5.47. The molecular weight excluding hydrogens is 343 g/mol. The molecule has 0 radical (unpaired) electrons. The molecule has 6 nitrogen and oxygen atoms in total. The van der Waals surface area contributed by atoms with E-state index in [0.717, 1.165) is 6.42 Å². The number of carbonyl (C=O) groups is 1. The fraction of sp³-hybridized carbons (Fsp3) is 0.385. The first-order valence-electron chi connectivity index (χ1n) is 6.48. The van der Waals surface area contributed by atoms with E-state index in [4.69, 9.17) is 5.11 Å². The van der Waals surface area contributed by atoms with Crippen molar-refractivity contribution in [2.75, 3.05) is 0 Å². The van der Waals surface area contributed by atoms with Crippen molar-refractivity contribution in [2.24, 2.45) is 0 Å². The van der Waals surface area contributed by atoms with Gasteiger partial charge in [0, 0.05) is 10.0 Å². The minimum Gasteiger partial charge on any atom is -0.481 e. The fourth-order valence-corrected chi connectivity index (χ4v) is 2.56. The molecule has 1 aromatic carbocycles. The Bertz CT molecular complexity index is 647. The van der Waals surface area contributed by atoms with Crippen LogP contribution in [0, 0.1) is 5.82 Å². The minimum atomic E-state index is -0.923. The molecule has 1 heterocycles. The zero-order valence-electron chi connectivity index (χ0n) is 11.3. The second kappa shape index (κ2) is 6.75. The highest BCUT2D eigenvalue weighted by Gasteiger charge is 2.22. The van der Waals surface area contributed by atoms with Crippen molar-refractivity contribution >= 4 is 21.9 Å². The van der Waals surface area contributed by atoms with Crippen LogP contribution in [-0.2, 0) is 4.79 Å². The van der Waals surface area contributed by atoms with Gasteiger partial charge in [-0.2, -0.15) is 0 Å². The van der Waals surface area contributed by atoms with Crippen molar-refractivity contribution < 1.29 is 14.3 Å². The van der Waals surface area contributed by atoms with Crippen LogP contribution < -0.4 is 0 Å². The predicted octanol–water partition coefficient (Wildman–Crippen LogP) is 3.06. The summed E-state index contributed by atoms with van der Waals surface area (Å²) in [5.41, 5.74) is 0.492. The van der Waals surface area contributed by atoms with Gasteiger partial charge >= 0.3 is 5.97 Å². The summed E-state index contributed by atoms with van der Waals surface area (Å²) in [6.45, 7) is 1.96. The lowest BCUT2D eigenvalue weighted by Gasteiger charge is -2.16. The third kappa shape index (κ3) is 3.63. The van der Waals surface area contributed by atoms with E-state index in [1.807, 2.05) is 6.92 Å². The molecule has 0 amide bonds. The van der Waals surface area contributed by atoms with Gasteiger partial charge in [0.2, 0.25) is 0 Å². The summed E-state index contributed by atoms with van der Waals surface area (Å²) < 4.78 is 15.5. The van der Waals surface area contributed by atoms with E-state index in [2.05, 4.69) is 31.5 Å². The van der Waals surface area contributed by atoms with Gasteiger partial charge in [-0.15, -0.1) is 5.10 Å². The summed E-state index contributed by atoms with van der Waals surface area (Å²) in [5.74, 6) is -0.984. The van der Waals surface area contributed by atoms with Gasteiger partial charge < -0.3 is 5.11 Å². The molecule has 0 aliphatic heterocycles. The van der Waals surface area contributed by atoms with Gasteiger partial charge in [0.15, 0.2) is 5.82 Å². The molecule has 0 aliphatic carbocycles. The van der Waals surface area contributed by atoms with Gasteiger partial charge in [-0.05, 0) is 35.0 Å². The smallest absolute Gasteiger partial charge is 0.305 e. The first kappa shape index (κ1) is 15.6. The quantitative estimate of drug-likeness (QED) is 0.859. The molecule has 1 aromatic heterocycles. The molecule has 8 heteroatoms. The topological polar surface area (TPSA) is 80.9 Å². The fourth-order valence-electron chi connectivity index (χ4n) is 2.13. The summed E-state index contributed by atoms with van der Waals surface area (Å²) in [5, 5.41) is 20.4. The van der Waals surface area contributed by atoms with E-state index in [1.54, 1.807) is 6.07 Å². The maximum atomic E-state index is 13.4. The number of hydrogen-bond acceptors (Lipinski definition) is 4. The largest absolute Gasteiger partial charge is 0.481 e. The second-order valence-electron chi connectivity index (χ2n) is 4.61. The number of carboxylic acids is 1. The van der Waals surface area contributed by atoms with Crippen molar-refractivity contribution in [2.45, 2.75) is 32.2 Å². The van der Waals surface area contributed by atoms with E-state index in [9.17, 15) is 9.18 Å². The van der Waals surface area contributed by atoms with Crippen molar-refractivity contribution in [3.8, 4) is 11.4 Å². The van der Waals surface area contributed by atoms with Gasteiger partial charge in [-0.1, -0.05) is 29.3 Å². The van der Waals surface area contributed by atoms with Gasteiger partial charge in [0.1, 0.15) is 5.82 Å². The first-order valence-corrected chi connectivity index (χ1v) is 7.27. The Morgan fingerprint density at radius 2 is 2.29 bits per heavy atom. The molecule has 1 atom stereocenters. The zero-order chi connectivity index (χ0) is 15.4. The van der Waals surface area contributed by atoms with Gasteiger partial charge in [-0.25, -0.2) is 9.07 Å². The van der Waals surface area contributed by atoms with Crippen molar-refractivity contribution in [3.05, 3.63) is 28.5 Å². The molecule has 0 fully saturated rings. The lowest BCUT2D eigenvalue weighted by atomic mass is 10.1. The Kier molecular flexibility index (Phi) is 5.00. The standard InChI is InChI=1S/C13H14BrFN4O2/c1-2-3-9(7-12(20)21)19-13(16-17-18-19)10-6-8(15)4-5-11(10)14/h4-6,9H,2-3,7H2,1H3,(H,20,21). The van der Waals surface area contributed by atoms with Crippen molar-refractivity contribution in [3.63, 3.8) is 0 Å². The molecule has 2 aromatic rings. The summed E-state index contributed by atoms with van der Waals surface area (Å²) in [7, 11) is 0. The highest BCUT2D eigenvalue weighted by Crippen LogP contribution is 2.30. The number of carboxylic acid groups (broad SMARTS) is 1. The van der Waals surface area contributed by atoms with Crippen molar-refractivity contribution in [1.29, 1.82) is 0 Å². The Balaban J connectivity index is 2.45. The molecular formula is C13H14BrFN4O2. The Morgan fingerprint density at radius 3 is 2.95 bits per heavy atom. The summed E-state index contributed by atoms with van der Waals surface area (Å²) in [4.78, 5) is 11.0.